The van der Waals surface area contributed by atoms with Crippen LogP contribution in [0.25, 0.3) is 20.7 Å². The van der Waals surface area contributed by atoms with Crippen molar-refractivity contribution >= 4 is 44.9 Å². The molecule has 0 spiro atoms. The van der Waals surface area contributed by atoms with Gasteiger partial charge in [0.05, 0.1) is 10.6 Å². The van der Waals surface area contributed by atoms with E-state index in [-0.39, 0.29) is 11.5 Å². The van der Waals surface area contributed by atoms with E-state index in [9.17, 15) is 9.59 Å². The van der Waals surface area contributed by atoms with Crippen LogP contribution in [0.5, 0.6) is 0 Å². The number of rotatable bonds is 5. The normalized spacial score (nSPS) is 12.1. The molecule has 7 heteroatoms. The highest BCUT2D eigenvalue weighted by atomic mass is 32.2. The van der Waals surface area contributed by atoms with E-state index in [1.807, 2.05) is 75.4 Å². The Balaban J connectivity index is 1.61. The summed E-state index contributed by atoms with van der Waals surface area (Å²) in [6.45, 7) is 5.77. The van der Waals surface area contributed by atoms with E-state index in [1.54, 1.807) is 7.05 Å². The topological polar surface area (TPSA) is 64.0 Å². The molecule has 5 nitrogen and oxygen atoms in total. The maximum atomic E-state index is 12.9. The Hall–Kier alpha value is -2.90. The van der Waals surface area contributed by atoms with Crippen molar-refractivity contribution in [2.45, 2.75) is 31.2 Å². The van der Waals surface area contributed by atoms with E-state index in [1.165, 1.54) is 27.7 Å². The third-order valence-corrected chi connectivity index (χ3v) is 7.39. The van der Waals surface area contributed by atoms with Crippen LogP contribution in [-0.2, 0) is 11.8 Å². The van der Waals surface area contributed by atoms with Gasteiger partial charge in [-0.2, -0.15) is 0 Å². The summed E-state index contributed by atoms with van der Waals surface area (Å²) >= 11 is 2.78. The minimum absolute atomic E-state index is 0.103. The van der Waals surface area contributed by atoms with E-state index < -0.39 is 5.25 Å². The van der Waals surface area contributed by atoms with Crippen LogP contribution in [0.15, 0.2) is 64.5 Å². The molecule has 2 aromatic carbocycles. The van der Waals surface area contributed by atoms with Crippen molar-refractivity contribution in [2.24, 2.45) is 7.05 Å². The fraction of sp³-hybridized carbons (Fsp3) is 0.208. The van der Waals surface area contributed by atoms with Crippen molar-refractivity contribution in [1.29, 1.82) is 0 Å². The number of fused-ring (bicyclic) bond motifs is 1. The van der Waals surface area contributed by atoms with Gasteiger partial charge >= 0.3 is 0 Å². The summed E-state index contributed by atoms with van der Waals surface area (Å²) < 4.78 is 1.53. The summed E-state index contributed by atoms with van der Waals surface area (Å²) in [6.07, 6.45) is 0. The summed E-state index contributed by atoms with van der Waals surface area (Å²) in [6, 6.07) is 17.8. The molecule has 1 N–H and O–H groups in total. The second-order valence-corrected chi connectivity index (χ2v) is 9.81. The maximum absolute atomic E-state index is 12.9. The van der Waals surface area contributed by atoms with Gasteiger partial charge in [0.2, 0.25) is 5.91 Å². The average Bonchev–Trinajstić information content (AvgIpc) is 3.19. The molecule has 1 unspecified atom stereocenters. The van der Waals surface area contributed by atoms with Gasteiger partial charge in [0.25, 0.3) is 5.56 Å². The molecular weight excluding hydrogens is 426 g/mol. The number of carbonyl (C=O) groups is 1. The molecule has 0 aliphatic carbocycles. The molecule has 0 saturated heterocycles. The molecule has 1 atom stereocenters. The van der Waals surface area contributed by atoms with E-state index >= 15 is 0 Å². The molecule has 2 heterocycles. The first-order chi connectivity index (χ1) is 14.8. The Labute approximate surface area is 189 Å². The third kappa shape index (κ3) is 4.29. The Morgan fingerprint density at radius 1 is 1.10 bits per heavy atom. The predicted molar refractivity (Wildman–Crippen MR) is 130 cm³/mol. The van der Waals surface area contributed by atoms with E-state index in [0.29, 0.717) is 15.4 Å². The largest absolute Gasteiger partial charge is 0.325 e. The number of thioether (sulfide) groups is 1. The number of thiophene rings is 1. The molecule has 4 rings (SSSR count). The average molecular weight is 450 g/mol. The number of hydrogen-bond donors (Lipinski definition) is 1. The van der Waals surface area contributed by atoms with Crippen molar-refractivity contribution in [2.75, 3.05) is 5.32 Å². The first kappa shape index (κ1) is 21.3. The van der Waals surface area contributed by atoms with E-state index in [4.69, 9.17) is 4.98 Å². The van der Waals surface area contributed by atoms with Crippen LogP contribution >= 0.6 is 23.1 Å². The third-order valence-electron chi connectivity index (χ3n) is 5.17. The van der Waals surface area contributed by atoms with Crippen LogP contribution in [0, 0.1) is 13.8 Å². The lowest BCUT2D eigenvalue weighted by Gasteiger charge is -2.16. The van der Waals surface area contributed by atoms with Crippen molar-refractivity contribution in [3.05, 3.63) is 76.1 Å². The number of nitrogens with one attached hydrogen (secondary N) is 1. The van der Waals surface area contributed by atoms with Gasteiger partial charge in [-0.3, -0.25) is 14.2 Å². The summed E-state index contributed by atoms with van der Waals surface area (Å²) in [5, 5.41) is 3.74. The lowest BCUT2D eigenvalue weighted by atomic mass is 10.1. The second kappa shape index (κ2) is 8.69. The van der Waals surface area contributed by atoms with Crippen LogP contribution < -0.4 is 10.9 Å². The molecule has 0 aliphatic rings. The van der Waals surface area contributed by atoms with Gasteiger partial charge in [-0.25, -0.2) is 4.98 Å². The molecule has 158 valence electrons. The smallest absolute Gasteiger partial charge is 0.262 e. The zero-order chi connectivity index (χ0) is 22.1. The lowest BCUT2D eigenvalue weighted by molar-refractivity contribution is -0.115. The highest BCUT2D eigenvalue weighted by Gasteiger charge is 2.20. The van der Waals surface area contributed by atoms with Gasteiger partial charge in [-0.1, -0.05) is 60.3 Å². The van der Waals surface area contributed by atoms with Crippen LogP contribution in [-0.4, -0.2) is 20.7 Å². The molecule has 0 fully saturated rings. The van der Waals surface area contributed by atoms with Crippen molar-refractivity contribution in [3.8, 4) is 10.4 Å². The Morgan fingerprint density at radius 2 is 1.77 bits per heavy atom. The number of amides is 1. The Morgan fingerprint density at radius 3 is 2.45 bits per heavy atom. The zero-order valence-corrected chi connectivity index (χ0v) is 19.4. The molecule has 0 saturated carbocycles. The highest BCUT2D eigenvalue weighted by Crippen LogP contribution is 2.32. The summed E-state index contributed by atoms with van der Waals surface area (Å²) in [7, 11) is 1.70. The van der Waals surface area contributed by atoms with Gasteiger partial charge < -0.3 is 5.32 Å². The number of nitrogens with zero attached hydrogens (tertiary/aromatic N) is 2. The summed E-state index contributed by atoms with van der Waals surface area (Å²) in [5.41, 5.74) is 3.83. The number of aromatic nitrogens is 2. The number of benzene rings is 2. The zero-order valence-electron chi connectivity index (χ0n) is 17.8. The number of hydrogen-bond acceptors (Lipinski definition) is 5. The van der Waals surface area contributed by atoms with E-state index in [0.717, 1.165) is 27.3 Å². The number of carbonyl (C=O) groups excluding carboxylic acids is 1. The fourth-order valence-corrected chi connectivity index (χ4v) is 5.30. The van der Waals surface area contributed by atoms with Crippen LogP contribution in [0.1, 0.15) is 18.1 Å². The summed E-state index contributed by atoms with van der Waals surface area (Å²) in [5.74, 6) is -0.118. The van der Waals surface area contributed by atoms with Crippen LogP contribution in [0.2, 0.25) is 0 Å². The Bertz CT molecular complexity index is 1310. The van der Waals surface area contributed by atoms with Gasteiger partial charge in [-0.15, -0.1) is 11.3 Å². The quantitative estimate of drug-likeness (QED) is 0.327. The van der Waals surface area contributed by atoms with Gasteiger partial charge in [-0.05, 0) is 43.5 Å². The van der Waals surface area contributed by atoms with Gasteiger partial charge in [0, 0.05) is 17.6 Å². The van der Waals surface area contributed by atoms with Gasteiger partial charge in [0.1, 0.15) is 4.83 Å². The molecule has 1 amide bonds. The number of aryl methyl sites for hydroxylation is 2. The molecular formula is C24H23N3O2S2. The molecule has 0 bridgehead atoms. The molecule has 31 heavy (non-hydrogen) atoms. The van der Waals surface area contributed by atoms with Crippen LogP contribution in [0.4, 0.5) is 5.69 Å². The standard InChI is InChI=1S/C24H23N3O2S2/c1-14-9-8-10-15(2)20(14)25-21(28)16(3)30-24-26-22-18(23(29)27(24)4)13-19(31-22)17-11-6-5-7-12-17/h5-13,16H,1-4H3,(H,25,28). The van der Waals surface area contributed by atoms with Crippen molar-refractivity contribution in [3.63, 3.8) is 0 Å². The predicted octanol–water partition coefficient (Wildman–Crippen LogP) is 5.40. The van der Waals surface area contributed by atoms with E-state index in [2.05, 4.69) is 5.32 Å². The molecule has 4 aromatic rings. The lowest BCUT2D eigenvalue weighted by Crippen LogP contribution is -2.26. The number of para-hydroxylation sites is 1. The molecule has 0 aliphatic heterocycles. The van der Waals surface area contributed by atoms with Gasteiger partial charge in [0.15, 0.2) is 5.16 Å². The van der Waals surface area contributed by atoms with Crippen molar-refractivity contribution in [1.82, 2.24) is 9.55 Å². The number of anilines is 1. The second-order valence-electron chi connectivity index (χ2n) is 7.47. The minimum Gasteiger partial charge on any atom is -0.325 e. The molecule has 0 radical (unpaired) electrons. The monoisotopic (exact) mass is 449 g/mol. The highest BCUT2D eigenvalue weighted by molar-refractivity contribution is 8.00. The molecule has 2 aromatic heterocycles. The first-order valence-corrected chi connectivity index (χ1v) is 11.6. The van der Waals surface area contributed by atoms with Crippen LogP contribution in [0.3, 0.4) is 0 Å². The summed E-state index contributed by atoms with van der Waals surface area (Å²) in [4.78, 5) is 32.2. The first-order valence-electron chi connectivity index (χ1n) is 9.95. The minimum atomic E-state index is -0.414. The van der Waals surface area contributed by atoms with Crippen molar-refractivity contribution < 1.29 is 4.79 Å². The SMILES string of the molecule is Cc1cccc(C)c1NC(=O)C(C)Sc1nc2sc(-c3ccccc3)cc2c(=O)n1C. The maximum Gasteiger partial charge on any atom is 0.262 e. The Kier molecular flexibility index (Phi) is 5.98. The fourth-order valence-electron chi connectivity index (χ4n) is 3.35.